The Labute approximate surface area is 115 Å². The number of halogens is 1. The molecule has 2 N–H and O–H groups in total. The second kappa shape index (κ2) is 8.39. The smallest absolute Gasteiger partial charge is 0.423 e. The van der Waals surface area contributed by atoms with E-state index in [1.54, 1.807) is 7.05 Å². The van der Waals surface area contributed by atoms with E-state index in [9.17, 15) is 13.6 Å². The van der Waals surface area contributed by atoms with Crippen molar-refractivity contribution in [1.82, 2.24) is 4.90 Å². The van der Waals surface area contributed by atoms with Gasteiger partial charge in [0, 0.05) is 31.6 Å². The Kier molecular flexibility index (Phi) is 7.18. The third-order valence-electron chi connectivity index (χ3n) is 2.69. The molecular weight excluding hydrogens is 272 g/mol. The lowest BCUT2D eigenvalue weighted by Gasteiger charge is -2.17. The van der Waals surface area contributed by atoms with E-state index >= 15 is 0 Å². The highest BCUT2D eigenvalue weighted by molar-refractivity contribution is 7.66. The van der Waals surface area contributed by atoms with E-state index in [-0.39, 0.29) is 29.9 Å². The summed E-state index contributed by atoms with van der Waals surface area (Å²) < 4.78 is 29.2. The number of hydrogen-bond donors (Lipinski definition) is 2. The molecule has 0 atom stereocenters. The van der Waals surface area contributed by atoms with E-state index in [0.29, 0.717) is 24.4 Å². The van der Waals surface area contributed by atoms with Crippen LogP contribution in [0.5, 0.6) is 0 Å². The van der Waals surface area contributed by atoms with E-state index in [0.717, 1.165) is 6.08 Å². The molecule has 0 aromatic carbocycles. The zero-order valence-electron chi connectivity index (χ0n) is 10.7. The lowest BCUT2D eigenvalue weighted by atomic mass is 9.75. The monoisotopic (exact) mass is 289 g/mol. The van der Waals surface area contributed by atoms with Gasteiger partial charge in [-0.05, 0) is 13.1 Å². The number of likely N-dealkylation sites (N-methyl/N-ethyl adjacent to an activating group) is 1. The minimum absolute atomic E-state index is 0.0487. The Hall–Kier alpha value is -0.795. The van der Waals surface area contributed by atoms with Crippen LogP contribution in [0, 0.1) is 0 Å². The van der Waals surface area contributed by atoms with Crippen molar-refractivity contribution in [3.63, 3.8) is 0 Å². The van der Waals surface area contributed by atoms with Crippen molar-refractivity contribution in [2.75, 3.05) is 33.4 Å². The molecule has 0 amide bonds. The molecule has 0 fully saturated rings. The van der Waals surface area contributed by atoms with Crippen LogP contribution in [0.1, 0.15) is 6.42 Å². The van der Waals surface area contributed by atoms with Crippen molar-refractivity contribution in [3.05, 3.63) is 23.5 Å². The van der Waals surface area contributed by atoms with Crippen LogP contribution in [0.2, 0.25) is 0 Å². The Bertz CT molecular complexity index is 423. The first kappa shape index (κ1) is 16.3. The van der Waals surface area contributed by atoms with Gasteiger partial charge in [0.2, 0.25) is 0 Å². The maximum absolute atomic E-state index is 13.6. The van der Waals surface area contributed by atoms with Gasteiger partial charge in [-0.15, -0.1) is 0 Å². The van der Waals surface area contributed by atoms with E-state index in [2.05, 4.69) is 0 Å². The predicted molar refractivity (Wildman–Crippen MR) is 73.5 cm³/mol. The normalized spacial score (nSPS) is 15.3. The molecule has 0 saturated heterocycles. The third-order valence-corrected chi connectivity index (χ3v) is 3.19. The SMILES string of the molecule is CN(CCO)CCOB(O)C1=CCC(=S=O)C=C1F. The van der Waals surface area contributed by atoms with Crippen LogP contribution < -0.4 is 0 Å². The Morgan fingerprint density at radius 3 is 2.89 bits per heavy atom. The van der Waals surface area contributed by atoms with Gasteiger partial charge in [-0.25, -0.2) is 8.60 Å². The third kappa shape index (κ3) is 5.37. The first-order chi connectivity index (χ1) is 9.08. The van der Waals surface area contributed by atoms with Crippen LogP contribution in [-0.2, 0) is 15.9 Å². The number of aliphatic hydroxyl groups is 1. The van der Waals surface area contributed by atoms with Crippen molar-refractivity contribution in [3.8, 4) is 0 Å². The lowest BCUT2D eigenvalue weighted by molar-refractivity contribution is 0.182. The molecule has 19 heavy (non-hydrogen) atoms. The second-order valence-corrected chi connectivity index (χ2v) is 4.85. The molecule has 0 aromatic heterocycles. The topological polar surface area (TPSA) is 70.0 Å². The van der Waals surface area contributed by atoms with Crippen molar-refractivity contribution in [2.45, 2.75) is 6.42 Å². The van der Waals surface area contributed by atoms with Crippen molar-refractivity contribution >= 4 is 23.2 Å². The summed E-state index contributed by atoms with van der Waals surface area (Å²) in [5.41, 5.74) is 0.0580. The van der Waals surface area contributed by atoms with E-state index < -0.39 is 12.9 Å². The second-order valence-electron chi connectivity index (χ2n) is 4.16. The Balaban J connectivity index is 2.42. The first-order valence-corrected chi connectivity index (χ1v) is 6.65. The van der Waals surface area contributed by atoms with Crippen LogP contribution in [0.4, 0.5) is 4.39 Å². The maximum Gasteiger partial charge on any atom is 0.493 e. The fraction of sp³-hybridized carbons (Fsp3) is 0.545. The fourth-order valence-electron chi connectivity index (χ4n) is 1.56. The average Bonchev–Trinajstić information content (AvgIpc) is 2.38. The van der Waals surface area contributed by atoms with Gasteiger partial charge in [0.1, 0.15) is 5.83 Å². The zero-order valence-corrected chi connectivity index (χ0v) is 11.5. The largest absolute Gasteiger partial charge is 0.493 e. The summed E-state index contributed by atoms with van der Waals surface area (Å²) in [6.45, 7) is 1.29. The van der Waals surface area contributed by atoms with Crippen molar-refractivity contribution in [2.24, 2.45) is 0 Å². The molecule has 0 radical (unpaired) electrons. The summed E-state index contributed by atoms with van der Waals surface area (Å²) in [6, 6.07) is 0. The van der Waals surface area contributed by atoms with Gasteiger partial charge in [-0.2, -0.15) is 0 Å². The molecule has 0 heterocycles. The summed E-state index contributed by atoms with van der Waals surface area (Å²) in [5, 5.41) is 18.4. The highest BCUT2D eigenvalue weighted by Crippen LogP contribution is 2.20. The number of rotatable bonds is 7. The van der Waals surface area contributed by atoms with Gasteiger partial charge in [-0.3, -0.25) is 0 Å². The minimum atomic E-state index is -1.34. The van der Waals surface area contributed by atoms with Crippen LogP contribution >= 0.6 is 0 Å². The summed E-state index contributed by atoms with van der Waals surface area (Å²) >= 11 is 0.243. The molecule has 0 aliphatic heterocycles. The van der Waals surface area contributed by atoms with Crippen molar-refractivity contribution in [1.29, 1.82) is 0 Å². The summed E-state index contributed by atoms with van der Waals surface area (Å²) in [5.74, 6) is -0.638. The number of hydrogen-bond acceptors (Lipinski definition) is 5. The van der Waals surface area contributed by atoms with E-state index in [1.807, 2.05) is 4.90 Å². The molecule has 1 aliphatic rings. The lowest BCUT2D eigenvalue weighted by Crippen LogP contribution is -2.31. The maximum atomic E-state index is 13.6. The summed E-state index contributed by atoms with van der Waals surface area (Å²) in [6.07, 6.45) is 2.89. The highest BCUT2D eigenvalue weighted by atomic mass is 32.1. The van der Waals surface area contributed by atoms with Crippen LogP contribution in [0.25, 0.3) is 0 Å². The quantitative estimate of drug-likeness (QED) is 0.489. The summed E-state index contributed by atoms with van der Waals surface area (Å²) in [7, 11) is 0.468. The molecule has 0 unspecified atom stereocenters. The highest BCUT2D eigenvalue weighted by Gasteiger charge is 2.25. The molecule has 0 saturated carbocycles. The molecule has 0 bridgehead atoms. The first-order valence-electron chi connectivity index (χ1n) is 5.90. The predicted octanol–water partition coefficient (Wildman–Crippen LogP) is -0.484. The molecule has 0 aromatic rings. The fourth-order valence-corrected chi connectivity index (χ4v) is 1.86. The average molecular weight is 289 g/mol. The molecular formula is C11H17BFNO4S. The van der Waals surface area contributed by atoms with E-state index in [1.165, 1.54) is 6.08 Å². The minimum Gasteiger partial charge on any atom is -0.423 e. The molecule has 5 nitrogen and oxygen atoms in total. The number of aliphatic hydroxyl groups excluding tert-OH is 1. The number of allylic oxidation sites excluding steroid dienone is 4. The summed E-state index contributed by atoms with van der Waals surface area (Å²) in [4.78, 5) is 2.20. The van der Waals surface area contributed by atoms with Crippen LogP contribution in [0.15, 0.2) is 23.5 Å². The van der Waals surface area contributed by atoms with Gasteiger partial charge in [-0.1, -0.05) is 6.08 Å². The molecule has 0 spiro atoms. The molecule has 8 heteroatoms. The molecule has 1 aliphatic carbocycles. The van der Waals surface area contributed by atoms with Crippen molar-refractivity contribution < 1.29 is 23.4 Å². The number of nitrogens with zero attached hydrogens (tertiary/aromatic N) is 1. The Morgan fingerprint density at radius 2 is 2.32 bits per heavy atom. The zero-order chi connectivity index (χ0) is 14.3. The van der Waals surface area contributed by atoms with Gasteiger partial charge in [0.25, 0.3) is 0 Å². The molecule has 1 rings (SSSR count). The van der Waals surface area contributed by atoms with Gasteiger partial charge in [0.05, 0.1) is 22.7 Å². The van der Waals surface area contributed by atoms with Gasteiger partial charge < -0.3 is 19.7 Å². The van der Waals surface area contributed by atoms with Gasteiger partial charge >= 0.3 is 7.12 Å². The van der Waals surface area contributed by atoms with Gasteiger partial charge in [0.15, 0.2) is 0 Å². The van der Waals surface area contributed by atoms with Crippen LogP contribution in [-0.4, -0.2) is 64.6 Å². The van der Waals surface area contributed by atoms with E-state index in [4.69, 9.17) is 9.76 Å². The standard InChI is InChI=1S/C11H17BFNO4S/c1-14(4-6-15)5-7-18-12(16)10-3-2-9(19-17)8-11(10)13/h3,8,15-16H,2,4-7H2,1H3. The van der Waals surface area contributed by atoms with Crippen LogP contribution in [0.3, 0.4) is 0 Å². The molecule has 106 valence electrons. The Morgan fingerprint density at radius 1 is 1.58 bits per heavy atom.